The number of anilines is 1. The van der Waals surface area contributed by atoms with Crippen molar-refractivity contribution < 1.29 is 0 Å². The first-order valence-corrected chi connectivity index (χ1v) is 6.98. The number of nitrogens with one attached hydrogen (secondary N) is 1. The Labute approximate surface area is 111 Å². The minimum atomic E-state index is 0.385. The Morgan fingerprint density at radius 2 is 2.31 bits per heavy atom. The molecule has 0 heterocycles. The van der Waals surface area contributed by atoms with Crippen molar-refractivity contribution in [1.29, 1.82) is 0 Å². The second-order valence-corrected chi connectivity index (χ2v) is 5.63. The van der Waals surface area contributed by atoms with Crippen LogP contribution in [0.15, 0.2) is 18.2 Å². The van der Waals surface area contributed by atoms with Gasteiger partial charge in [0.1, 0.15) is 4.99 Å². The molecule has 0 fully saturated rings. The van der Waals surface area contributed by atoms with E-state index in [4.69, 9.17) is 29.6 Å². The van der Waals surface area contributed by atoms with E-state index < -0.39 is 0 Å². The van der Waals surface area contributed by atoms with Crippen LogP contribution in [0.25, 0.3) is 0 Å². The fourth-order valence-corrected chi connectivity index (χ4v) is 1.81. The van der Waals surface area contributed by atoms with Crippen molar-refractivity contribution in [3.63, 3.8) is 0 Å². The molecule has 0 bridgehead atoms. The maximum absolute atomic E-state index is 5.94. The lowest BCUT2D eigenvalue weighted by Gasteiger charge is -2.14. The molecule has 0 aliphatic carbocycles. The number of halogens is 1. The lowest BCUT2D eigenvalue weighted by atomic mass is 10.1. The fourth-order valence-electron chi connectivity index (χ4n) is 1.21. The molecule has 0 aromatic heterocycles. The highest BCUT2D eigenvalue weighted by molar-refractivity contribution is 7.99. The second-order valence-electron chi connectivity index (χ2n) is 3.48. The molecule has 0 aliphatic rings. The average molecular weight is 275 g/mol. The molecule has 0 spiro atoms. The van der Waals surface area contributed by atoms with Gasteiger partial charge in [-0.05, 0) is 24.5 Å². The molecule has 1 rings (SSSR count). The predicted molar refractivity (Wildman–Crippen MR) is 78.8 cm³/mol. The Bertz CT molecular complexity index is 382. The van der Waals surface area contributed by atoms with Crippen LogP contribution in [-0.4, -0.2) is 23.0 Å². The van der Waals surface area contributed by atoms with Gasteiger partial charge in [0.05, 0.1) is 0 Å². The van der Waals surface area contributed by atoms with Gasteiger partial charge < -0.3 is 11.1 Å². The van der Waals surface area contributed by atoms with Gasteiger partial charge in [-0.2, -0.15) is 11.8 Å². The summed E-state index contributed by atoms with van der Waals surface area (Å²) in [5.41, 5.74) is 7.39. The van der Waals surface area contributed by atoms with Crippen molar-refractivity contribution in [3.8, 4) is 0 Å². The third-order valence-corrected chi connectivity index (χ3v) is 3.66. The van der Waals surface area contributed by atoms with Gasteiger partial charge in [0.15, 0.2) is 0 Å². The van der Waals surface area contributed by atoms with E-state index in [1.807, 2.05) is 12.1 Å². The molecule has 0 saturated carbocycles. The normalized spacial score (nSPS) is 12.2. The third-order valence-electron chi connectivity index (χ3n) is 2.23. The van der Waals surface area contributed by atoms with Gasteiger partial charge in [0, 0.05) is 28.1 Å². The van der Waals surface area contributed by atoms with Gasteiger partial charge in [0.2, 0.25) is 0 Å². The Hall–Kier alpha value is -0.450. The monoisotopic (exact) mass is 274 g/mol. The zero-order valence-corrected chi connectivity index (χ0v) is 11.7. The van der Waals surface area contributed by atoms with Gasteiger partial charge >= 0.3 is 0 Å². The van der Waals surface area contributed by atoms with Crippen LogP contribution in [0.3, 0.4) is 0 Å². The van der Waals surface area contributed by atoms with E-state index in [1.54, 1.807) is 17.8 Å². The van der Waals surface area contributed by atoms with Gasteiger partial charge in [-0.3, -0.25) is 0 Å². The summed E-state index contributed by atoms with van der Waals surface area (Å²) in [5, 5.41) is 4.52. The largest absolute Gasteiger partial charge is 0.389 e. The van der Waals surface area contributed by atoms with Crippen LogP contribution in [0.2, 0.25) is 5.02 Å². The first-order valence-electron chi connectivity index (χ1n) is 4.90. The van der Waals surface area contributed by atoms with Crippen molar-refractivity contribution >= 4 is 46.3 Å². The molecule has 1 aromatic rings. The fraction of sp³-hybridized carbons (Fsp3) is 0.364. The number of rotatable bonds is 5. The smallest absolute Gasteiger partial charge is 0.106 e. The zero-order valence-electron chi connectivity index (χ0n) is 9.29. The van der Waals surface area contributed by atoms with Gasteiger partial charge in [-0.25, -0.2) is 0 Å². The molecule has 0 radical (unpaired) electrons. The maximum Gasteiger partial charge on any atom is 0.106 e. The Kier molecular flexibility index (Phi) is 5.38. The summed E-state index contributed by atoms with van der Waals surface area (Å²) in [6.07, 6.45) is 2.08. The molecular formula is C11H15ClN2S2. The number of hydrogen-bond donors (Lipinski definition) is 2. The summed E-state index contributed by atoms with van der Waals surface area (Å²) in [5.74, 6) is 0. The van der Waals surface area contributed by atoms with E-state index in [9.17, 15) is 0 Å². The zero-order chi connectivity index (χ0) is 12.1. The summed E-state index contributed by atoms with van der Waals surface area (Å²) in [6, 6.07) is 5.49. The predicted octanol–water partition coefficient (Wildman–Crippen LogP) is 3.14. The van der Waals surface area contributed by atoms with E-state index in [2.05, 4.69) is 18.5 Å². The first kappa shape index (κ1) is 13.6. The van der Waals surface area contributed by atoms with Crippen LogP contribution in [0.4, 0.5) is 5.69 Å². The van der Waals surface area contributed by atoms with Crippen molar-refractivity contribution in [2.45, 2.75) is 12.2 Å². The number of benzene rings is 1. The van der Waals surface area contributed by atoms with Crippen LogP contribution in [0, 0.1) is 0 Å². The molecule has 0 amide bonds. The van der Waals surface area contributed by atoms with Crippen molar-refractivity contribution in [1.82, 2.24) is 0 Å². The Morgan fingerprint density at radius 1 is 1.62 bits per heavy atom. The summed E-state index contributed by atoms with van der Waals surface area (Å²) < 4.78 is 0. The lowest BCUT2D eigenvalue weighted by molar-refractivity contribution is 1.00. The molecule has 0 aliphatic heterocycles. The SMILES string of the molecule is CSC(C)CNc1cc(Cl)ccc1C(N)=S. The molecule has 88 valence electrons. The minimum Gasteiger partial charge on any atom is -0.389 e. The Morgan fingerprint density at radius 3 is 2.88 bits per heavy atom. The van der Waals surface area contributed by atoms with Crippen molar-refractivity contribution in [3.05, 3.63) is 28.8 Å². The highest BCUT2D eigenvalue weighted by Crippen LogP contribution is 2.21. The molecular weight excluding hydrogens is 260 g/mol. The van der Waals surface area contributed by atoms with Crippen LogP contribution in [-0.2, 0) is 0 Å². The Balaban J connectivity index is 2.84. The molecule has 3 N–H and O–H groups in total. The standard InChI is InChI=1S/C11H15ClN2S2/c1-7(16-2)6-14-10-5-8(12)3-4-9(10)11(13)15/h3-5,7,14H,6H2,1-2H3,(H2,13,15). The number of nitrogens with two attached hydrogens (primary N) is 1. The molecule has 0 saturated heterocycles. The van der Waals surface area contributed by atoms with Gasteiger partial charge in [-0.1, -0.05) is 30.7 Å². The molecule has 1 unspecified atom stereocenters. The molecule has 16 heavy (non-hydrogen) atoms. The second kappa shape index (κ2) is 6.33. The van der Waals surface area contributed by atoms with E-state index in [0.717, 1.165) is 17.8 Å². The van der Waals surface area contributed by atoms with Gasteiger partial charge in [0.25, 0.3) is 0 Å². The van der Waals surface area contributed by atoms with Gasteiger partial charge in [-0.15, -0.1) is 0 Å². The van der Waals surface area contributed by atoms with E-state index in [1.165, 1.54) is 0 Å². The average Bonchev–Trinajstić information content (AvgIpc) is 2.25. The number of thioether (sulfide) groups is 1. The van der Waals surface area contributed by atoms with Crippen LogP contribution in [0.5, 0.6) is 0 Å². The lowest BCUT2D eigenvalue weighted by Crippen LogP contribution is -2.17. The van der Waals surface area contributed by atoms with Crippen molar-refractivity contribution in [2.75, 3.05) is 18.1 Å². The van der Waals surface area contributed by atoms with Crippen LogP contribution in [0.1, 0.15) is 12.5 Å². The van der Waals surface area contributed by atoms with Crippen LogP contribution < -0.4 is 11.1 Å². The topological polar surface area (TPSA) is 38.0 Å². The van der Waals surface area contributed by atoms with E-state index in [-0.39, 0.29) is 0 Å². The number of hydrogen-bond acceptors (Lipinski definition) is 3. The third kappa shape index (κ3) is 3.85. The van der Waals surface area contributed by atoms with E-state index >= 15 is 0 Å². The van der Waals surface area contributed by atoms with Crippen LogP contribution >= 0.6 is 35.6 Å². The maximum atomic E-state index is 5.94. The highest BCUT2D eigenvalue weighted by atomic mass is 35.5. The summed E-state index contributed by atoms with van der Waals surface area (Å²) in [7, 11) is 0. The van der Waals surface area contributed by atoms with Crippen molar-refractivity contribution in [2.24, 2.45) is 5.73 Å². The summed E-state index contributed by atoms with van der Waals surface area (Å²) >= 11 is 12.7. The summed E-state index contributed by atoms with van der Waals surface area (Å²) in [4.78, 5) is 0.385. The molecule has 1 atom stereocenters. The molecule has 2 nitrogen and oxygen atoms in total. The molecule has 5 heteroatoms. The highest BCUT2D eigenvalue weighted by Gasteiger charge is 2.07. The minimum absolute atomic E-state index is 0.385. The quantitative estimate of drug-likeness (QED) is 0.809. The first-order chi connectivity index (χ1) is 7.54. The molecule has 1 aromatic carbocycles. The number of thiocarbonyl (C=S) groups is 1. The van der Waals surface area contributed by atoms with E-state index in [0.29, 0.717) is 15.3 Å². The summed E-state index contributed by atoms with van der Waals surface area (Å²) in [6.45, 7) is 3.01.